The summed E-state index contributed by atoms with van der Waals surface area (Å²) in [5.41, 5.74) is -0.340. The molecular formula is C15H20N4O3S. The summed E-state index contributed by atoms with van der Waals surface area (Å²) in [4.78, 5) is 12.3. The fourth-order valence-electron chi connectivity index (χ4n) is 2.92. The molecule has 3 N–H and O–H groups in total. The summed E-state index contributed by atoms with van der Waals surface area (Å²) >= 11 is 1.59. The average molecular weight is 336 g/mol. The van der Waals surface area contributed by atoms with Gasteiger partial charge in [0.1, 0.15) is 5.01 Å². The number of thiazole rings is 1. The van der Waals surface area contributed by atoms with Crippen molar-refractivity contribution in [1.82, 2.24) is 20.3 Å². The van der Waals surface area contributed by atoms with Crippen LogP contribution in [0.3, 0.4) is 0 Å². The van der Waals surface area contributed by atoms with E-state index >= 15 is 0 Å². The number of nitrogens with zero attached hydrogens (tertiary/aromatic N) is 3. The number of hydrogen-bond donors (Lipinski definition) is 3. The normalized spacial score (nSPS) is 27.2. The lowest BCUT2D eigenvalue weighted by Crippen LogP contribution is -2.38. The summed E-state index contributed by atoms with van der Waals surface area (Å²) in [6.07, 6.45) is 6.01. The number of hydrogen-bond acceptors (Lipinski definition) is 8. The molecule has 1 aliphatic carbocycles. The van der Waals surface area contributed by atoms with E-state index in [1.807, 2.05) is 5.38 Å². The van der Waals surface area contributed by atoms with Crippen LogP contribution in [0.25, 0.3) is 0 Å². The van der Waals surface area contributed by atoms with E-state index in [0.717, 1.165) is 5.01 Å². The first-order valence-corrected chi connectivity index (χ1v) is 8.39. The van der Waals surface area contributed by atoms with Crippen molar-refractivity contribution in [3.8, 4) is 5.88 Å². The molecule has 1 fully saturated rings. The van der Waals surface area contributed by atoms with Gasteiger partial charge in [0.05, 0.1) is 25.0 Å². The Hall–Kier alpha value is -1.61. The molecule has 0 amide bonds. The monoisotopic (exact) mass is 336 g/mol. The predicted molar refractivity (Wildman–Crippen MR) is 85.0 cm³/mol. The first-order valence-electron chi connectivity index (χ1n) is 7.51. The quantitative estimate of drug-likeness (QED) is 0.681. The minimum atomic E-state index is -0.720. The third-order valence-corrected chi connectivity index (χ3v) is 4.83. The molecule has 124 valence electrons. The Kier molecular flexibility index (Phi) is 5.16. The second-order valence-electron chi connectivity index (χ2n) is 5.90. The molecule has 0 bridgehead atoms. The Morgan fingerprint density at radius 1 is 1.22 bits per heavy atom. The van der Waals surface area contributed by atoms with E-state index in [1.165, 1.54) is 0 Å². The van der Waals surface area contributed by atoms with Gasteiger partial charge in [-0.05, 0) is 12.8 Å². The average Bonchev–Trinajstić information content (AvgIpc) is 3.16. The van der Waals surface area contributed by atoms with Crippen molar-refractivity contribution in [3.63, 3.8) is 0 Å². The third-order valence-electron chi connectivity index (χ3n) is 4.05. The van der Waals surface area contributed by atoms with Crippen LogP contribution in [0.5, 0.6) is 5.88 Å². The van der Waals surface area contributed by atoms with Gasteiger partial charge in [0.25, 0.3) is 0 Å². The van der Waals surface area contributed by atoms with Crippen molar-refractivity contribution < 1.29 is 14.9 Å². The summed E-state index contributed by atoms with van der Waals surface area (Å²) in [7, 11) is 0. The van der Waals surface area contributed by atoms with Crippen LogP contribution < -0.4 is 10.1 Å². The topological polar surface area (TPSA) is 100 Å². The summed E-state index contributed by atoms with van der Waals surface area (Å²) in [6.45, 7) is 1.66. The molecule has 2 heterocycles. The smallest absolute Gasteiger partial charge is 0.232 e. The Bertz CT molecular complexity index is 586. The lowest BCUT2D eigenvalue weighted by molar-refractivity contribution is 0.0438. The Labute approximate surface area is 138 Å². The van der Waals surface area contributed by atoms with Crippen LogP contribution in [0.1, 0.15) is 17.8 Å². The molecule has 1 unspecified atom stereocenters. The van der Waals surface area contributed by atoms with Gasteiger partial charge in [-0.1, -0.05) is 0 Å². The van der Waals surface area contributed by atoms with Gasteiger partial charge in [-0.15, -0.1) is 11.3 Å². The standard InChI is InChI=1S/C15H20N4O3S/c20-11-5-15(6-12(11)21,9-17-8-14-19-3-4-23-14)10-22-13-7-16-1-2-18-13/h1-4,7,11-12,17,20-21H,5-6,8-10H2/t11-,12+,15?. The molecule has 8 heteroatoms. The van der Waals surface area contributed by atoms with E-state index in [0.29, 0.717) is 38.4 Å². The molecule has 0 aliphatic heterocycles. The molecule has 0 radical (unpaired) electrons. The Morgan fingerprint density at radius 2 is 2.04 bits per heavy atom. The van der Waals surface area contributed by atoms with Gasteiger partial charge in [0.15, 0.2) is 0 Å². The molecule has 0 spiro atoms. The molecule has 23 heavy (non-hydrogen) atoms. The maximum Gasteiger partial charge on any atom is 0.232 e. The number of aliphatic hydroxyl groups excluding tert-OH is 2. The Balaban J connectivity index is 1.60. The molecule has 1 saturated carbocycles. The van der Waals surface area contributed by atoms with Crippen LogP contribution in [0.4, 0.5) is 0 Å². The highest BCUT2D eigenvalue weighted by atomic mass is 32.1. The van der Waals surface area contributed by atoms with Gasteiger partial charge in [0, 0.05) is 42.5 Å². The molecule has 3 atom stereocenters. The molecule has 2 aromatic heterocycles. The Morgan fingerprint density at radius 3 is 2.70 bits per heavy atom. The van der Waals surface area contributed by atoms with E-state index in [2.05, 4.69) is 20.3 Å². The largest absolute Gasteiger partial charge is 0.476 e. The number of ether oxygens (including phenoxy) is 1. The third kappa shape index (κ3) is 4.23. The van der Waals surface area contributed by atoms with Crippen molar-refractivity contribution in [2.24, 2.45) is 5.41 Å². The van der Waals surface area contributed by atoms with Crippen LogP contribution >= 0.6 is 11.3 Å². The minimum Gasteiger partial charge on any atom is -0.476 e. The first kappa shape index (κ1) is 16.3. The maximum absolute atomic E-state index is 9.94. The zero-order valence-electron chi connectivity index (χ0n) is 12.6. The van der Waals surface area contributed by atoms with Gasteiger partial charge in [-0.2, -0.15) is 0 Å². The van der Waals surface area contributed by atoms with E-state index in [9.17, 15) is 10.2 Å². The van der Waals surface area contributed by atoms with Crippen molar-refractivity contribution >= 4 is 11.3 Å². The number of aliphatic hydroxyl groups is 2. The molecular weight excluding hydrogens is 316 g/mol. The fourth-order valence-corrected chi connectivity index (χ4v) is 3.50. The summed E-state index contributed by atoms with van der Waals surface area (Å²) in [6, 6.07) is 0. The van der Waals surface area contributed by atoms with Gasteiger partial charge in [-0.25, -0.2) is 9.97 Å². The molecule has 1 aliphatic rings. The molecule has 0 saturated heterocycles. The van der Waals surface area contributed by atoms with Crippen molar-refractivity contribution in [2.75, 3.05) is 13.2 Å². The van der Waals surface area contributed by atoms with Gasteiger partial charge in [0.2, 0.25) is 5.88 Å². The summed E-state index contributed by atoms with van der Waals surface area (Å²) in [5, 5.41) is 26.2. The van der Waals surface area contributed by atoms with E-state index < -0.39 is 12.2 Å². The zero-order valence-corrected chi connectivity index (χ0v) is 13.4. The van der Waals surface area contributed by atoms with Gasteiger partial charge < -0.3 is 20.3 Å². The predicted octanol–water partition coefficient (Wildman–Crippen LogP) is 0.604. The molecule has 7 nitrogen and oxygen atoms in total. The van der Waals surface area contributed by atoms with Crippen LogP contribution in [-0.4, -0.2) is 50.5 Å². The van der Waals surface area contributed by atoms with Crippen LogP contribution in [0.15, 0.2) is 30.2 Å². The lowest BCUT2D eigenvalue weighted by Gasteiger charge is -2.28. The van der Waals surface area contributed by atoms with E-state index in [4.69, 9.17) is 4.74 Å². The maximum atomic E-state index is 9.94. The number of nitrogens with one attached hydrogen (secondary N) is 1. The summed E-state index contributed by atoms with van der Waals surface area (Å²) < 4.78 is 5.73. The highest BCUT2D eigenvalue weighted by Crippen LogP contribution is 2.38. The first-order chi connectivity index (χ1) is 11.2. The van der Waals surface area contributed by atoms with Crippen LogP contribution in [-0.2, 0) is 6.54 Å². The van der Waals surface area contributed by atoms with E-state index in [1.54, 1.807) is 36.1 Å². The second-order valence-corrected chi connectivity index (χ2v) is 6.88. The minimum absolute atomic E-state index is 0.340. The highest BCUT2D eigenvalue weighted by molar-refractivity contribution is 7.09. The van der Waals surface area contributed by atoms with Gasteiger partial charge >= 0.3 is 0 Å². The SMILES string of the molecule is O[C@@H]1CC(CNCc2nccs2)(COc2cnccn2)C[C@@H]1O. The molecule has 3 rings (SSSR count). The highest BCUT2D eigenvalue weighted by Gasteiger charge is 2.44. The van der Waals surface area contributed by atoms with Gasteiger partial charge in [-0.3, -0.25) is 4.98 Å². The molecule has 2 aromatic rings. The van der Waals surface area contributed by atoms with Crippen molar-refractivity contribution in [1.29, 1.82) is 0 Å². The van der Waals surface area contributed by atoms with Crippen molar-refractivity contribution in [2.45, 2.75) is 31.6 Å². The van der Waals surface area contributed by atoms with E-state index in [-0.39, 0.29) is 5.41 Å². The molecule has 0 aromatic carbocycles. The van der Waals surface area contributed by atoms with Crippen LogP contribution in [0, 0.1) is 5.41 Å². The fraction of sp³-hybridized carbons (Fsp3) is 0.533. The number of aromatic nitrogens is 3. The second kappa shape index (κ2) is 7.31. The van der Waals surface area contributed by atoms with Crippen LogP contribution in [0.2, 0.25) is 0 Å². The lowest BCUT2D eigenvalue weighted by atomic mass is 9.86. The van der Waals surface area contributed by atoms with Crippen molar-refractivity contribution in [3.05, 3.63) is 35.2 Å². The zero-order chi connectivity index (χ0) is 16.1. The summed E-state index contributed by atoms with van der Waals surface area (Å²) in [5.74, 6) is 0.447. The number of rotatable bonds is 7.